The van der Waals surface area contributed by atoms with Crippen LogP contribution in [0.4, 0.5) is 0 Å². The van der Waals surface area contributed by atoms with E-state index in [-0.39, 0.29) is 0 Å². The molecule has 2 rings (SSSR count). The molecule has 0 amide bonds. The second-order valence-electron chi connectivity index (χ2n) is 5.75. The van der Waals surface area contributed by atoms with E-state index < -0.39 is 0 Å². The Balaban J connectivity index is 1.84. The summed E-state index contributed by atoms with van der Waals surface area (Å²) in [5.74, 6) is 1.57. The molecule has 0 aromatic heterocycles. The minimum atomic E-state index is 0.546. The summed E-state index contributed by atoms with van der Waals surface area (Å²) >= 11 is 0. The zero-order valence-corrected chi connectivity index (χ0v) is 13.9. The van der Waals surface area contributed by atoms with Gasteiger partial charge in [0.15, 0.2) is 11.5 Å². The Morgan fingerprint density at radius 1 is 1.09 bits per heavy atom. The summed E-state index contributed by atoms with van der Waals surface area (Å²) in [6, 6.07) is 6.82. The van der Waals surface area contributed by atoms with Crippen molar-refractivity contribution < 1.29 is 14.2 Å². The van der Waals surface area contributed by atoms with Gasteiger partial charge in [0.25, 0.3) is 0 Å². The SMILES string of the molecule is CCOCCOc1ccc(CNC2CCCCC2)cc1OC. The van der Waals surface area contributed by atoms with Gasteiger partial charge in [0.2, 0.25) is 0 Å². The number of rotatable bonds is 9. The summed E-state index contributed by atoms with van der Waals surface area (Å²) < 4.78 is 16.4. The minimum Gasteiger partial charge on any atom is -0.493 e. The number of nitrogens with one attached hydrogen (secondary N) is 1. The molecule has 1 saturated carbocycles. The molecule has 22 heavy (non-hydrogen) atoms. The Morgan fingerprint density at radius 2 is 1.91 bits per heavy atom. The fourth-order valence-electron chi connectivity index (χ4n) is 2.86. The third kappa shape index (κ3) is 5.50. The van der Waals surface area contributed by atoms with Crippen molar-refractivity contribution >= 4 is 0 Å². The van der Waals surface area contributed by atoms with Gasteiger partial charge in [0, 0.05) is 19.2 Å². The highest BCUT2D eigenvalue weighted by Gasteiger charge is 2.13. The average Bonchev–Trinajstić information content (AvgIpc) is 2.58. The summed E-state index contributed by atoms with van der Waals surface area (Å²) in [5, 5.41) is 3.65. The Kier molecular flexibility index (Phi) is 7.54. The van der Waals surface area contributed by atoms with Gasteiger partial charge in [-0.3, -0.25) is 0 Å². The lowest BCUT2D eigenvalue weighted by Crippen LogP contribution is -2.30. The van der Waals surface area contributed by atoms with Crippen molar-refractivity contribution in [2.45, 2.75) is 51.6 Å². The second-order valence-corrected chi connectivity index (χ2v) is 5.75. The van der Waals surface area contributed by atoms with Crippen LogP contribution in [0.25, 0.3) is 0 Å². The highest BCUT2D eigenvalue weighted by atomic mass is 16.5. The minimum absolute atomic E-state index is 0.546. The van der Waals surface area contributed by atoms with Crippen LogP contribution in [0.3, 0.4) is 0 Å². The Hall–Kier alpha value is -1.26. The van der Waals surface area contributed by atoms with Crippen LogP contribution in [-0.2, 0) is 11.3 Å². The van der Waals surface area contributed by atoms with Gasteiger partial charge in [-0.2, -0.15) is 0 Å². The van der Waals surface area contributed by atoms with Crippen LogP contribution in [0.1, 0.15) is 44.6 Å². The fraction of sp³-hybridized carbons (Fsp3) is 0.667. The molecule has 0 atom stereocenters. The molecular formula is C18H29NO3. The summed E-state index contributed by atoms with van der Waals surface area (Å²) in [6.07, 6.45) is 6.70. The zero-order chi connectivity index (χ0) is 15.6. The lowest BCUT2D eigenvalue weighted by Gasteiger charge is -2.23. The van der Waals surface area contributed by atoms with Crippen molar-refractivity contribution in [1.29, 1.82) is 0 Å². The molecule has 0 bridgehead atoms. The molecule has 1 aliphatic carbocycles. The van der Waals surface area contributed by atoms with Crippen LogP contribution >= 0.6 is 0 Å². The molecule has 1 fully saturated rings. The first-order valence-electron chi connectivity index (χ1n) is 8.44. The van der Waals surface area contributed by atoms with Gasteiger partial charge in [-0.05, 0) is 37.5 Å². The Morgan fingerprint density at radius 3 is 2.64 bits per heavy atom. The van der Waals surface area contributed by atoms with Crippen LogP contribution in [0, 0.1) is 0 Å². The molecule has 0 spiro atoms. The van der Waals surface area contributed by atoms with E-state index >= 15 is 0 Å². The number of benzene rings is 1. The molecule has 0 heterocycles. The van der Waals surface area contributed by atoms with Crippen molar-refractivity contribution in [3.05, 3.63) is 23.8 Å². The lowest BCUT2D eigenvalue weighted by atomic mass is 9.95. The third-order valence-electron chi connectivity index (χ3n) is 4.12. The Bertz CT molecular complexity index is 430. The number of hydrogen-bond donors (Lipinski definition) is 1. The largest absolute Gasteiger partial charge is 0.493 e. The van der Waals surface area contributed by atoms with Crippen LogP contribution in [0.15, 0.2) is 18.2 Å². The predicted molar refractivity (Wildman–Crippen MR) is 88.7 cm³/mol. The molecule has 4 heteroatoms. The first kappa shape index (κ1) is 17.1. The first-order chi connectivity index (χ1) is 10.8. The standard InChI is InChI=1S/C18H29NO3/c1-3-21-11-12-22-17-10-9-15(13-18(17)20-2)14-19-16-7-5-4-6-8-16/h9-10,13,16,19H,3-8,11-12,14H2,1-2H3. The monoisotopic (exact) mass is 307 g/mol. The number of ether oxygens (including phenoxy) is 3. The average molecular weight is 307 g/mol. The van der Waals surface area contributed by atoms with Gasteiger partial charge >= 0.3 is 0 Å². The van der Waals surface area contributed by atoms with Crippen molar-refractivity contribution in [1.82, 2.24) is 5.32 Å². The molecule has 1 aliphatic rings. The molecular weight excluding hydrogens is 278 g/mol. The number of hydrogen-bond acceptors (Lipinski definition) is 4. The lowest BCUT2D eigenvalue weighted by molar-refractivity contribution is 0.109. The van der Waals surface area contributed by atoms with Gasteiger partial charge in [0.05, 0.1) is 13.7 Å². The topological polar surface area (TPSA) is 39.7 Å². The summed E-state index contributed by atoms with van der Waals surface area (Å²) in [5.41, 5.74) is 1.24. The maximum absolute atomic E-state index is 5.71. The van der Waals surface area contributed by atoms with E-state index in [1.54, 1.807) is 7.11 Å². The van der Waals surface area contributed by atoms with Crippen LogP contribution in [0.5, 0.6) is 11.5 Å². The highest BCUT2D eigenvalue weighted by Crippen LogP contribution is 2.28. The van der Waals surface area contributed by atoms with Gasteiger partial charge in [-0.25, -0.2) is 0 Å². The number of methoxy groups -OCH3 is 1. The van der Waals surface area contributed by atoms with Crippen molar-refractivity contribution in [2.24, 2.45) is 0 Å². The van der Waals surface area contributed by atoms with E-state index in [1.165, 1.54) is 37.7 Å². The molecule has 1 aromatic carbocycles. The van der Waals surface area contributed by atoms with Gasteiger partial charge in [-0.1, -0.05) is 25.3 Å². The third-order valence-corrected chi connectivity index (χ3v) is 4.12. The van der Waals surface area contributed by atoms with E-state index in [1.807, 2.05) is 13.0 Å². The molecule has 0 radical (unpaired) electrons. The molecule has 0 saturated heterocycles. The normalized spacial score (nSPS) is 15.7. The predicted octanol–water partition coefficient (Wildman–Crippen LogP) is 3.53. The van der Waals surface area contributed by atoms with E-state index in [4.69, 9.17) is 14.2 Å². The van der Waals surface area contributed by atoms with Crippen LogP contribution < -0.4 is 14.8 Å². The van der Waals surface area contributed by atoms with Crippen LogP contribution in [-0.4, -0.2) is 33.0 Å². The zero-order valence-electron chi connectivity index (χ0n) is 13.9. The summed E-state index contributed by atoms with van der Waals surface area (Å²) in [7, 11) is 1.68. The molecule has 0 aliphatic heterocycles. The van der Waals surface area contributed by atoms with E-state index in [9.17, 15) is 0 Å². The van der Waals surface area contributed by atoms with Crippen LogP contribution in [0.2, 0.25) is 0 Å². The van der Waals surface area contributed by atoms with Crippen molar-refractivity contribution in [3.63, 3.8) is 0 Å². The maximum Gasteiger partial charge on any atom is 0.161 e. The van der Waals surface area contributed by atoms with Gasteiger partial charge < -0.3 is 19.5 Å². The van der Waals surface area contributed by atoms with Crippen molar-refractivity contribution in [3.8, 4) is 11.5 Å². The quantitative estimate of drug-likeness (QED) is 0.708. The molecule has 1 aromatic rings. The second kappa shape index (κ2) is 9.70. The van der Waals surface area contributed by atoms with E-state index in [0.717, 1.165) is 18.0 Å². The molecule has 4 nitrogen and oxygen atoms in total. The maximum atomic E-state index is 5.71. The molecule has 1 N–H and O–H groups in total. The van der Waals surface area contributed by atoms with Crippen molar-refractivity contribution in [2.75, 3.05) is 26.9 Å². The smallest absolute Gasteiger partial charge is 0.161 e. The Labute approximate surface area is 134 Å². The summed E-state index contributed by atoms with van der Waals surface area (Å²) in [6.45, 7) is 4.73. The van der Waals surface area contributed by atoms with Gasteiger partial charge in [0.1, 0.15) is 6.61 Å². The summed E-state index contributed by atoms with van der Waals surface area (Å²) in [4.78, 5) is 0. The molecule has 124 valence electrons. The van der Waals surface area contributed by atoms with Gasteiger partial charge in [-0.15, -0.1) is 0 Å². The van der Waals surface area contributed by atoms with E-state index in [0.29, 0.717) is 25.9 Å². The highest BCUT2D eigenvalue weighted by molar-refractivity contribution is 5.42. The fourth-order valence-corrected chi connectivity index (χ4v) is 2.86. The first-order valence-corrected chi connectivity index (χ1v) is 8.44. The van der Waals surface area contributed by atoms with E-state index in [2.05, 4.69) is 17.4 Å². The molecule has 0 unspecified atom stereocenters.